The van der Waals surface area contributed by atoms with Crippen LogP contribution in [0, 0.1) is 0 Å². The number of halogens is 2. The second-order valence-corrected chi connectivity index (χ2v) is 3.47. The van der Waals surface area contributed by atoms with Gasteiger partial charge in [0.1, 0.15) is 0 Å². The van der Waals surface area contributed by atoms with Gasteiger partial charge in [-0.2, -0.15) is 0 Å². The monoisotopic (exact) mass is 215 g/mol. The first-order valence-corrected chi connectivity index (χ1v) is 4.93. The summed E-state index contributed by atoms with van der Waals surface area (Å²) in [4.78, 5) is 0. The minimum atomic E-state index is 0.622. The van der Waals surface area contributed by atoms with Crippen molar-refractivity contribution in [3.05, 3.63) is 34.9 Å². The largest absolute Gasteiger partial charge is 0.398 e. The lowest BCUT2D eigenvalue weighted by Gasteiger charge is -1.99. The molecule has 3 heteroatoms. The Hall–Kier alpha value is -0.660. The average Bonchev–Trinajstić information content (AvgIpc) is 2.11. The summed E-state index contributed by atoms with van der Waals surface area (Å²) in [5.74, 6) is 0.622. The normalized spacial score (nSPS) is 10.9. The van der Waals surface area contributed by atoms with Crippen LogP contribution in [0.5, 0.6) is 0 Å². The van der Waals surface area contributed by atoms with Crippen LogP contribution in [0.3, 0.4) is 0 Å². The molecule has 0 unspecified atom stereocenters. The summed E-state index contributed by atoms with van der Waals surface area (Å²) in [6.07, 6.45) is 4.76. The van der Waals surface area contributed by atoms with Crippen molar-refractivity contribution in [1.82, 2.24) is 0 Å². The third-order valence-electron chi connectivity index (χ3n) is 1.62. The zero-order chi connectivity index (χ0) is 9.68. The predicted molar refractivity (Wildman–Crippen MR) is 60.2 cm³/mol. The van der Waals surface area contributed by atoms with E-state index in [4.69, 9.17) is 28.9 Å². The lowest BCUT2D eigenvalue weighted by molar-refractivity contribution is 1.24. The van der Waals surface area contributed by atoms with Crippen LogP contribution >= 0.6 is 23.2 Å². The molecule has 1 rings (SSSR count). The van der Waals surface area contributed by atoms with Gasteiger partial charge < -0.3 is 5.73 Å². The molecule has 1 aromatic carbocycles. The van der Waals surface area contributed by atoms with E-state index in [0.717, 1.165) is 17.7 Å². The van der Waals surface area contributed by atoms with E-state index in [1.807, 2.05) is 18.2 Å². The summed E-state index contributed by atoms with van der Waals surface area (Å²) in [6, 6.07) is 5.40. The zero-order valence-corrected chi connectivity index (χ0v) is 8.65. The van der Waals surface area contributed by atoms with Gasteiger partial charge in [-0.3, -0.25) is 0 Å². The summed E-state index contributed by atoms with van der Waals surface area (Å²) in [5.41, 5.74) is 7.40. The van der Waals surface area contributed by atoms with Crippen molar-refractivity contribution in [1.29, 1.82) is 0 Å². The highest BCUT2D eigenvalue weighted by Gasteiger charge is 1.95. The molecule has 0 saturated carbocycles. The number of nitrogen functional groups attached to an aromatic ring is 1. The topological polar surface area (TPSA) is 26.0 Å². The van der Waals surface area contributed by atoms with Gasteiger partial charge in [0.2, 0.25) is 0 Å². The third-order valence-corrected chi connectivity index (χ3v) is 2.08. The molecule has 0 heterocycles. The molecular weight excluding hydrogens is 205 g/mol. The van der Waals surface area contributed by atoms with Gasteiger partial charge in [0.25, 0.3) is 0 Å². The number of hydrogen-bond donors (Lipinski definition) is 1. The molecule has 70 valence electrons. The summed E-state index contributed by atoms with van der Waals surface area (Å²) in [7, 11) is 0. The van der Waals surface area contributed by atoms with Crippen molar-refractivity contribution in [3.63, 3.8) is 0 Å². The molecule has 0 radical (unpaired) electrons. The van der Waals surface area contributed by atoms with Gasteiger partial charge in [-0.15, -0.1) is 11.6 Å². The fourth-order valence-electron chi connectivity index (χ4n) is 0.963. The quantitative estimate of drug-likeness (QED) is 0.606. The molecule has 13 heavy (non-hydrogen) atoms. The smallest absolute Gasteiger partial charge is 0.0413 e. The number of hydrogen-bond acceptors (Lipinski definition) is 1. The molecule has 0 aliphatic carbocycles. The highest BCUT2D eigenvalue weighted by Crippen LogP contribution is 2.19. The Morgan fingerprint density at radius 3 is 2.85 bits per heavy atom. The molecule has 0 saturated heterocycles. The molecule has 0 aliphatic heterocycles. The maximum absolute atomic E-state index is 5.81. The molecule has 0 bridgehead atoms. The number of alkyl halides is 1. The number of allylic oxidation sites excluding steroid dienone is 1. The van der Waals surface area contributed by atoms with Gasteiger partial charge in [-0.1, -0.05) is 23.8 Å². The summed E-state index contributed by atoms with van der Waals surface area (Å²) in [5, 5.41) is 0.694. The Morgan fingerprint density at radius 2 is 2.15 bits per heavy atom. The Kier molecular flexibility index (Phi) is 4.13. The highest BCUT2D eigenvalue weighted by atomic mass is 35.5. The zero-order valence-electron chi connectivity index (χ0n) is 7.13. The lowest BCUT2D eigenvalue weighted by Crippen LogP contribution is -1.88. The molecular formula is C10H11Cl2N. The molecule has 0 aliphatic rings. The van der Waals surface area contributed by atoms with E-state index >= 15 is 0 Å². The van der Waals surface area contributed by atoms with Crippen molar-refractivity contribution in [2.45, 2.75) is 6.42 Å². The Bertz CT molecular complexity index is 308. The van der Waals surface area contributed by atoms with Gasteiger partial charge in [0, 0.05) is 16.6 Å². The molecule has 0 fully saturated rings. The summed E-state index contributed by atoms with van der Waals surface area (Å²) in [6.45, 7) is 0. The molecule has 0 amide bonds. The summed E-state index contributed by atoms with van der Waals surface area (Å²) < 4.78 is 0. The molecule has 0 aromatic heterocycles. The van der Waals surface area contributed by atoms with Crippen molar-refractivity contribution < 1.29 is 0 Å². The molecule has 0 atom stereocenters. The van der Waals surface area contributed by atoms with E-state index in [9.17, 15) is 0 Å². The van der Waals surface area contributed by atoms with E-state index < -0.39 is 0 Å². The minimum Gasteiger partial charge on any atom is -0.398 e. The molecule has 1 nitrogen and oxygen atoms in total. The molecule has 1 aromatic rings. The molecule has 0 spiro atoms. The van der Waals surface area contributed by atoms with Crippen molar-refractivity contribution >= 4 is 35.0 Å². The number of anilines is 1. The van der Waals surface area contributed by atoms with Gasteiger partial charge >= 0.3 is 0 Å². The Labute approximate surface area is 88.1 Å². The fraction of sp³-hybridized carbons (Fsp3) is 0.200. The van der Waals surface area contributed by atoms with Gasteiger partial charge in [-0.25, -0.2) is 0 Å². The van der Waals surface area contributed by atoms with E-state index in [0.29, 0.717) is 10.9 Å². The van der Waals surface area contributed by atoms with Crippen LogP contribution in [0.4, 0.5) is 5.69 Å². The minimum absolute atomic E-state index is 0.622. The predicted octanol–water partition coefficient (Wildman–Crippen LogP) is 3.56. The Balaban J connectivity index is 2.81. The van der Waals surface area contributed by atoms with Gasteiger partial charge in [-0.05, 0) is 30.2 Å². The third kappa shape index (κ3) is 3.29. The van der Waals surface area contributed by atoms with Crippen molar-refractivity contribution in [3.8, 4) is 0 Å². The SMILES string of the molecule is Nc1ccc(Cl)cc1C=CCCCl. The van der Waals surface area contributed by atoms with Gasteiger partial charge in [0.15, 0.2) is 0 Å². The first kappa shape index (κ1) is 10.4. The van der Waals surface area contributed by atoms with Crippen LogP contribution in [0.25, 0.3) is 6.08 Å². The van der Waals surface area contributed by atoms with Crippen LogP contribution in [-0.4, -0.2) is 5.88 Å². The first-order chi connectivity index (χ1) is 6.24. The maximum Gasteiger partial charge on any atom is 0.0413 e. The Morgan fingerprint density at radius 1 is 1.38 bits per heavy atom. The fourth-order valence-corrected chi connectivity index (χ4v) is 1.27. The maximum atomic E-state index is 5.81. The van der Waals surface area contributed by atoms with Crippen LogP contribution in [0.2, 0.25) is 5.02 Å². The second-order valence-electron chi connectivity index (χ2n) is 2.65. The molecule has 2 N–H and O–H groups in total. The van der Waals surface area contributed by atoms with E-state index in [1.165, 1.54) is 0 Å². The van der Waals surface area contributed by atoms with Crippen molar-refractivity contribution in [2.24, 2.45) is 0 Å². The van der Waals surface area contributed by atoms with Crippen LogP contribution in [0.15, 0.2) is 24.3 Å². The van der Waals surface area contributed by atoms with E-state index in [2.05, 4.69) is 0 Å². The van der Waals surface area contributed by atoms with Gasteiger partial charge in [0.05, 0.1) is 0 Å². The number of rotatable bonds is 3. The number of nitrogens with two attached hydrogens (primary N) is 1. The van der Waals surface area contributed by atoms with E-state index in [1.54, 1.807) is 12.1 Å². The first-order valence-electron chi connectivity index (χ1n) is 4.01. The number of benzene rings is 1. The van der Waals surface area contributed by atoms with Crippen LogP contribution < -0.4 is 5.73 Å². The van der Waals surface area contributed by atoms with E-state index in [-0.39, 0.29) is 0 Å². The lowest BCUT2D eigenvalue weighted by atomic mass is 10.1. The average molecular weight is 216 g/mol. The van der Waals surface area contributed by atoms with Crippen LogP contribution in [0.1, 0.15) is 12.0 Å². The summed E-state index contributed by atoms with van der Waals surface area (Å²) >= 11 is 11.3. The highest BCUT2D eigenvalue weighted by molar-refractivity contribution is 6.30. The second kappa shape index (κ2) is 5.15. The van der Waals surface area contributed by atoms with Crippen molar-refractivity contribution in [2.75, 3.05) is 11.6 Å². The van der Waals surface area contributed by atoms with Crippen LogP contribution in [-0.2, 0) is 0 Å². The standard InChI is InChI=1S/C10H11Cl2N/c11-6-2-1-3-8-7-9(12)4-5-10(8)13/h1,3-5,7H,2,6,13H2.